The van der Waals surface area contributed by atoms with Gasteiger partial charge in [-0.25, -0.2) is 0 Å². The van der Waals surface area contributed by atoms with Gasteiger partial charge >= 0.3 is 0 Å². The van der Waals surface area contributed by atoms with E-state index in [-0.39, 0.29) is 62.9 Å². The number of hydrogen-bond acceptors (Lipinski definition) is 18. The average Bonchev–Trinajstić information content (AvgIpc) is 0.724. The molecule has 0 saturated heterocycles. The molecule has 16 aromatic carbocycles. The molecule has 18 heteroatoms. The molecule has 0 radical (unpaired) electrons. The first-order valence-electron chi connectivity index (χ1n) is 44.7. The van der Waals surface area contributed by atoms with Gasteiger partial charge in [0.2, 0.25) is 0 Å². The first kappa shape index (κ1) is 78.0. The molecule has 8 aliphatic heterocycles. The van der Waals surface area contributed by atoms with Gasteiger partial charge in [-0.3, -0.25) is 9.59 Å². The topological polar surface area (TPSA) is 182 Å². The van der Waals surface area contributed by atoms with E-state index in [1.165, 1.54) is 0 Å². The smallest absolute Gasteiger partial charge is 0.267 e. The first-order valence-corrected chi connectivity index (χ1v) is 44.7. The van der Waals surface area contributed by atoms with Crippen LogP contribution in [0.2, 0.25) is 0 Å². The zero-order valence-electron chi connectivity index (χ0n) is 71.0. The van der Waals surface area contributed by atoms with E-state index in [0.717, 1.165) is 66.8 Å². The summed E-state index contributed by atoms with van der Waals surface area (Å²) in [5, 5.41) is 0. The lowest BCUT2D eigenvalue weighted by molar-refractivity contribution is -0.0123. The number of benzene rings is 16. The molecule has 0 spiro atoms. The van der Waals surface area contributed by atoms with Crippen LogP contribution in [0.1, 0.15) is 184 Å². The van der Waals surface area contributed by atoms with Crippen molar-refractivity contribution in [2.75, 3.05) is 0 Å². The van der Waals surface area contributed by atoms with E-state index >= 15 is 0 Å². The maximum atomic E-state index is 14.5. The molecule has 644 valence electrons. The van der Waals surface area contributed by atoms with Crippen LogP contribution in [-0.4, -0.2) is 12.6 Å². The van der Waals surface area contributed by atoms with Gasteiger partial charge in [-0.15, -0.1) is 0 Å². The van der Waals surface area contributed by atoms with Crippen molar-refractivity contribution in [3.63, 3.8) is 0 Å². The summed E-state index contributed by atoms with van der Waals surface area (Å²) in [5.74, 6) is 5.30. The van der Waals surface area contributed by atoms with Crippen LogP contribution in [0.15, 0.2) is 328 Å². The van der Waals surface area contributed by atoms with Crippen LogP contribution in [0, 0.1) is 0 Å². The molecular formula is C114H80O18. The highest BCUT2D eigenvalue weighted by atomic mass is 16.7. The summed E-state index contributed by atoms with van der Waals surface area (Å²) in [4.78, 5) is 28.8. The molecule has 0 unspecified atom stereocenters. The Kier molecular flexibility index (Phi) is 19.2. The van der Waals surface area contributed by atoms with Crippen molar-refractivity contribution in [1.29, 1.82) is 0 Å². The molecule has 8 heterocycles. The van der Waals surface area contributed by atoms with Crippen LogP contribution >= 0.6 is 0 Å². The molecule has 0 N–H and O–H groups in total. The van der Waals surface area contributed by atoms with Crippen molar-refractivity contribution in [3.05, 3.63) is 428 Å². The summed E-state index contributed by atoms with van der Waals surface area (Å²) >= 11 is 0. The van der Waals surface area contributed by atoms with E-state index in [2.05, 4.69) is 127 Å². The molecule has 40 bridgehead atoms. The van der Waals surface area contributed by atoms with Gasteiger partial charge in [0.15, 0.2) is 12.6 Å². The Bertz CT molecular complexity index is 7170. The molecule has 8 atom stereocenters. The SMILES string of the molecule is O=Cc1c2cccc1Oc1cc3cc(c1)[C@H]1Oc4cc5c6cc4[C@H](CCc4ccccc4)c4cc7c(cc4O1)O[C@H]1Oc4cc8c(cc4[C@H]7CCc4ccccc4)[C@H](CCc4ccccc4)c4cc(c7cc4O[C@H](O8)c4cc(cc(c4)Oc4cccc(c4)Oc4cc1cc(c4C=O)Oc1cccc(c1)O3)Oc1cccc(c1)Oc1cc(cc(c1)[C@@H](O7)O5)O2)[C@@H]6CCc1ccccc1. The summed E-state index contributed by atoms with van der Waals surface area (Å²) in [6, 6.07) is 106. The zero-order chi connectivity index (χ0) is 87.4. The van der Waals surface area contributed by atoms with Crippen molar-refractivity contribution >= 4 is 12.6 Å². The van der Waals surface area contributed by atoms with Gasteiger partial charge in [-0.1, -0.05) is 146 Å². The number of rotatable bonds is 14. The van der Waals surface area contributed by atoms with E-state index < -0.39 is 48.8 Å². The average molecular weight is 1740 g/mol. The Morgan fingerprint density at radius 2 is 0.394 bits per heavy atom. The second-order valence-electron chi connectivity index (χ2n) is 34.6. The fraction of sp³-hybridized carbons (Fsp3) is 0.140. The minimum Gasteiger partial charge on any atom is -0.457 e. The Balaban J connectivity index is 0.874. The van der Waals surface area contributed by atoms with Crippen LogP contribution in [0.3, 0.4) is 0 Å². The normalized spacial score (nSPS) is 18.4. The van der Waals surface area contributed by atoms with Crippen LogP contribution in [0.5, 0.6) is 138 Å². The van der Waals surface area contributed by atoms with Crippen LogP contribution in [0.4, 0.5) is 0 Å². The second kappa shape index (κ2) is 32.4. The molecular weight excluding hydrogens is 1660 g/mol. The highest BCUT2D eigenvalue weighted by Crippen LogP contribution is 2.60. The van der Waals surface area contributed by atoms with Gasteiger partial charge in [-0.2, -0.15) is 0 Å². The molecule has 0 aromatic heterocycles. The minimum atomic E-state index is -1.42. The van der Waals surface area contributed by atoms with Crippen molar-refractivity contribution in [3.8, 4) is 138 Å². The van der Waals surface area contributed by atoms with Crippen LogP contribution in [-0.2, 0) is 25.7 Å². The minimum absolute atomic E-state index is 0.0481. The standard InChI is InChI=1S/C114H80O18/c115-63-97-99-31-16-32-100(97)124-84-46-71-44-82(54-84)120-76-28-15-30-78(51-76)122-102-48-72-47-101(98(102)64-116)121-77-29-14-27-75(50-77)119-80-42-69-41-79(52-80)117-73-25-13-26-74(49-73)118-81-43-70(45-83(53-81)123-99)112-127-104-59-103-89-55-90(104)86(38-34-66-19-7-2-8-20-66)91-56-92-87(39-35-67-21-9-3-10-22-67)94-58-96-88(40-36-68-23-11-4-12-24-68)95-57-93(85(89)37-33-65-17-5-1-6-18-65)107(126-111(69)125-103)61-109(95)131-114(72)132-110(96)62-108(94)130-113(71)129-106(92)60-105(91)128-112/h1-32,41-64,85-88,111-114H,33-40H2/t85-,86+,87+,88-,111-,112+,113+,114-/m1/s1. The van der Waals surface area contributed by atoms with Gasteiger partial charge in [0, 0.05) is 151 Å². The molecule has 0 fully saturated rings. The molecule has 18 nitrogen and oxygen atoms in total. The summed E-state index contributed by atoms with van der Waals surface area (Å²) in [6.45, 7) is 0. The number of carbonyl (C=O) groups excluding carboxylic acids is 2. The van der Waals surface area contributed by atoms with Gasteiger partial charge in [0.05, 0.1) is 11.1 Å². The van der Waals surface area contributed by atoms with Crippen molar-refractivity contribution in [2.24, 2.45) is 0 Å². The highest BCUT2D eigenvalue weighted by molar-refractivity contribution is 5.86. The molecule has 16 aromatic rings. The largest absolute Gasteiger partial charge is 0.457 e. The second-order valence-corrected chi connectivity index (χ2v) is 34.6. The Morgan fingerprint density at radius 3 is 0.652 bits per heavy atom. The lowest BCUT2D eigenvalue weighted by Crippen LogP contribution is -2.26. The third kappa shape index (κ3) is 14.9. The maximum Gasteiger partial charge on any atom is 0.267 e. The van der Waals surface area contributed by atoms with Crippen LogP contribution < -0.4 is 75.8 Å². The van der Waals surface area contributed by atoms with Gasteiger partial charge < -0.3 is 75.8 Å². The number of hydrogen-bond donors (Lipinski definition) is 0. The van der Waals surface area contributed by atoms with E-state index in [0.29, 0.717) is 172 Å². The Morgan fingerprint density at radius 1 is 0.182 bits per heavy atom. The molecule has 9 aliphatic rings. The van der Waals surface area contributed by atoms with Gasteiger partial charge in [0.25, 0.3) is 25.2 Å². The molecule has 0 amide bonds. The quantitative estimate of drug-likeness (QED) is 0.0936. The predicted octanol–water partition coefficient (Wildman–Crippen LogP) is 28.2. The summed E-state index contributed by atoms with van der Waals surface area (Å²) in [5.41, 5.74) is 13.0. The van der Waals surface area contributed by atoms with E-state index in [9.17, 15) is 9.59 Å². The number of ether oxygens (including phenoxy) is 16. The monoisotopic (exact) mass is 1740 g/mol. The third-order valence-electron chi connectivity index (χ3n) is 26.2. The van der Waals surface area contributed by atoms with Gasteiger partial charge in [-0.05, 0) is 195 Å². The molecule has 0 saturated carbocycles. The van der Waals surface area contributed by atoms with E-state index in [4.69, 9.17) is 75.8 Å². The molecule has 1 aliphatic carbocycles. The van der Waals surface area contributed by atoms with E-state index in [1.807, 2.05) is 109 Å². The fourth-order valence-corrected chi connectivity index (χ4v) is 19.9. The number of aryl methyl sites for hydroxylation is 4. The van der Waals surface area contributed by atoms with Crippen molar-refractivity contribution < 1.29 is 85.4 Å². The highest BCUT2D eigenvalue weighted by Gasteiger charge is 2.43. The number of fused-ring (bicyclic) bond motifs is 16. The summed E-state index contributed by atoms with van der Waals surface area (Å²) in [7, 11) is 0. The molecule has 132 heavy (non-hydrogen) atoms. The molecule has 25 rings (SSSR count). The Hall–Kier alpha value is -16.3. The fourth-order valence-electron chi connectivity index (χ4n) is 19.9. The zero-order valence-corrected chi connectivity index (χ0v) is 71.0. The summed E-state index contributed by atoms with van der Waals surface area (Å²) in [6.07, 6.45) is 0.417. The third-order valence-corrected chi connectivity index (χ3v) is 26.2. The lowest BCUT2D eigenvalue weighted by atomic mass is 9.75. The number of carbonyl (C=O) groups is 2. The van der Waals surface area contributed by atoms with Crippen LogP contribution in [0.25, 0.3) is 0 Å². The Labute approximate surface area is 759 Å². The van der Waals surface area contributed by atoms with E-state index in [1.54, 1.807) is 91.0 Å². The maximum absolute atomic E-state index is 14.5. The van der Waals surface area contributed by atoms with Gasteiger partial charge in [0.1, 0.15) is 138 Å². The predicted molar refractivity (Wildman–Crippen MR) is 491 cm³/mol. The number of aldehydes is 2. The van der Waals surface area contributed by atoms with Crippen molar-refractivity contribution in [1.82, 2.24) is 0 Å². The summed E-state index contributed by atoms with van der Waals surface area (Å²) < 4.78 is 121. The lowest BCUT2D eigenvalue weighted by Gasteiger charge is -2.38. The van der Waals surface area contributed by atoms with Crippen molar-refractivity contribution in [2.45, 2.75) is 100 Å². The first-order chi connectivity index (χ1) is 65.1.